The van der Waals surface area contributed by atoms with Crippen LogP contribution in [0.15, 0.2) is 70.5 Å². The predicted octanol–water partition coefficient (Wildman–Crippen LogP) is 5.84. The lowest BCUT2D eigenvalue weighted by Gasteiger charge is -2.19. The van der Waals surface area contributed by atoms with Crippen LogP contribution in [0.25, 0.3) is 11.0 Å². The molecule has 0 aliphatic carbocycles. The van der Waals surface area contributed by atoms with Gasteiger partial charge in [0.15, 0.2) is 0 Å². The topological polar surface area (TPSA) is 81.8 Å². The van der Waals surface area contributed by atoms with E-state index in [0.717, 1.165) is 66.5 Å². The van der Waals surface area contributed by atoms with Crippen LogP contribution >= 0.6 is 24.8 Å². The van der Waals surface area contributed by atoms with Crippen molar-refractivity contribution in [2.45, 2.75) is 33.7 Å². The first kappa shape index (κ1) is 29.2. The molecule has 4 rings (SSSR count). The Morgan fingerprint density at radius 3 is 2.44 bits per heavy atom. The number of aromatic nitrogens is 2. The molecule has 7 nitrogen and oxygen atoms in total. The van der Waals surface area contributed by atoms with Crippen molar-refractivity contribution in [1.82, 2.24) is 14.5 Å². The van der Waals surface area contributed by atoms with Gasteiger partial charge in [0.05, 0.1) is 35.2 Å². The molecule has 194 valence electrons. The van der Waals surface area contributed by atoms with Crippen molar-refractivity contribution in [3.63, 3.8) is 0 Å². The fourth-order valence-corrected chi connectivity index (χ4v) is 4.07. The molecule has 0 atom stereocenters. The number of furan rings is 1. The van der Waals surface area contributed by atoms with Crippen molar-refractivity contribution in [3.05, 3.63) is 78.0 Å². The summed E-state index contributed by atoms with van der Waals surface area (Å²) in [6, 6.07) is 16.1. The molecule has 0 radical (unpaired) electrons. The number of rotatable bonds is 11. The summed E-state index contributed by atoms with van der Waals surface area (Å²) in [5.74, 6) is 2.35. The maximum Gasteiger partial charge on any atom is 0.134 e. The Morgan fingerprint density at radius 1 is 1.06 bits per heavy atom. The number of imidazole rings is 1. The molecular weight excluding hydrogens is 497 g/mol. The minimum absolute atomic E-state index is 0. The molecule has 0 aliphatic heterocycles. The Labute approximate surface area is 225 Å². The Kier molecular flexibility index (Phi) is 11.3. The van der Waals surface area contributed by atoms with E-state index >= 15 is 0 Å². The maximum absolute atomic E-state index is 6.15. The first-order valence-corrected chi connectivity index (χ1v) is 11.9. The molecule has 36 heavy (non-hydrogen) atoms. The Bertz CT molecular complexity index is 1230. The lowest BCUT2D eigenvalue weighted by Crippen LogP contribution is -2.27. The van der Waals surface area contributed by atoms with E-state index in [-0.39, 0.29) is 24.8 Å². The zero-order valence-electron chi connectivity index (χ0n) is 21.0. The van der Waals surface area contributed by atoms with Crippen molar-refractivity contribution in [1.29, 1.82) is 0 Å². The Balaban J connectivity index is 0.00000228. The van der Waals surface area contributed by atoms with E-state index in [1.807, 2.05) is 31.2 Å². The molecule has 0 saturated heterocycles. The Morgan fingerprint density at radius 2 is 1.81 bits per heavy atom. The van der Waals surface area contributed by atoms with Gasteiger partial charge in [-0.15, -0.1) is 24.8 Å². The van der Waals surface area contributed by atoms with Crippen LogP contribution in [0.1, 0.15) is 37.7 Å². The third-order valence-electron chi connectivity index (χ3n) is 6.01. The van der Waals surface area contributed by atoms with Gasteiger partial charge in [0.2, 0.25) is 0 Å². The molecule has 0 saturated carbocycles. The maximum atomic E-state index is 6.15. The molecule has 0 fully saturated rings. The van der Waals surface area contributed by atoms with Crippen LogP contribution in [0.3, 0.4) is 0 Å². The molecule has 0 bridgehead atoms. The van der Waals surface area contributed by atoms with Crippen molar-refractivity contribution in [2.24, 2.45) is 10.7 Å². The van der Waals surface area contributed by atoms with Gasteiger partial charge < -0.3 is 24.4 Å². The summed E-state index contributed by atoms with van der Waals surface area (Å²) in [7, 11) is 0. The summed E-state index contributed by atoms with van der Waals surface area (Å²) >= 11 is 0. The number of hydrogen-bond donors (Lipinski definition) is 1. The number of hydrogen-bond acceptors (Lipinski definition) is 5. The van der Waals surface area contributed by atoms with Crippen LogP contribution in [-0.4, -0.2) is 46.5 Å². The quantitative estimate of drug-likeness (QED) is 0.194. The zero-order chi connectivity index (χ0) is 23.9. The van der Waals surface area contributed by atoms with Crippen molar-refractivity contribution < 1.29 is 9.15 Å². The van der Waals surface area contributed by atoms with Gasteiger partial charge in [0, 0.05) is 19.5 Å². The highest BCUT2D eigenvalue weighted by molar-refractivity contribution is 5.99. The molecule has 2 N–H and O–H groups in total. The second-order valence-electron chi connectivity index (χ2n) is 8.14. The third kappa shape index (κ3) is 7.03. The number of fused-ring (bicyclic) bond motifs is 1. The van der Waals surface area contributed by atoms with Crippen LogP contribution in [0.2, 0.25) is 0 Å². The van der Waals surface area contributed by atoms with E-state index in [9.17, 15) is 0 Å². The number of benzene rings is 2. The zero-order valence-corrected chi connectivity index (χ0v) is 22.6. The smallest absolute Gasteiger partial charge is 0.134 e. The lowest BCUT2D eigenvalue weighted by atomic mass is 10.1. The van der Waals surface area contributed by atoms with Gasteiger partial charge in [0.1, 0.15) is 23.7 Å². The first-order valence-electron chi connectivity index (χ1n) is 11.9. The number of aliphatic imine (C=N–C) groups is 1. The molecule has 2 aromatic carbocycles. The number of halogens is 2. The van der Waals surface area contributed by atoms with Crippen LogP contribution < -0.4 is 10.5 Å². The predicted molar refractivity (Wildman–Crippen MR) is 152 cm³/mol. The summed E-state index contributed by atoms with van der Waals surface area (Å²) in [5, 5.41) is 0. The van der Waals surface area contributed by atoms with Gasteiger partial charge in [-0.25, -0.2) is 9.98 Å². The summed E-state index contributed by atoms with van der Waals surface area (Å²) in [5.41, 5.74) is 10.9. The van der Waals surface area contributed by atoms with Gasteiger partial charge >= 0.3 is 0 Å². The summed E-state index contributed by atoms with van der Waals surface area (Å²) < 4.78 is 13.0. The molecule has 0 unspecified atom stereocenters. The molecule has 2 aromatic heterocycles. The number of nitrogens with zero attached hydrogens (tertiary/aromatic N) is 4. The third-order valence-corrected chi connectivity index (χ3v) is 6.01. The van der Waals surface area contributed by atoms with E-state index in [0.29, 0.717) is 12.4 Å². The van der Waals surface area contributed by atoms with Crippen molar-refractivity contribution in [3.8, 4) is 5.75 Å². The molecule has 9 heteroatoms. The molecule has 0 aliphatic rings. The lowest BCUT2D eigenvalue weighted by molar-refractivity contribution is 0.291. The normalized spacial score (nSPS) is 11.4. The molecule has 0 spiro atoms. The highest BCUT2D eigenvalue weighted by atomic mass is 35.5. The number of amidine groups is 1. The average Bonchev–Trinajstić information content (AvgIpc) is 3.50. The highest BCUT2D eigenvalue weighted by Crippen LogP contribution is 2.25. The van der Waals surface area contributed by atoms with Gasteiger partial charge in [-0.05, 0) is 62.0 Å². The second kappa shape index (κ2) is 13.9. The summed E-state index contributed by atoms with van der Waals surface area (Å²) in [6.45, 7) is 11.0. The standard InChI is InChI=1S/C27H33N5O2.2ClH/c1-4-31(5-2)14-15-32-25-12-9-22(29-27(28)21-13-16-33-19-21)18-24(25)30-26(32)17-20-7-10-23(11-8-20)34-6-3;;/h7-13,16,18-19H,4-6,14-15,17H2,1-3H3,(H2,28,29);2*1H. The average molecular weight is 533 g/mol. The van der Waals surface area contributed by atoms with Gasteiger partial charge in [-0.3, -0.25) is 0 Å². The van der Waals surface area contributed by atoms with Crippen LogP contribution in [0.4, 0.5) is 5.69 Å². The number of likely N-dealkylation sites (N-methyl/N-ethyl adjacent to an activating group) is 1. The molecule has 4 aromatic rings. The number of ether oxygens (including phenoxy) is 1. The van der Waals surface area contributed by atoms with Crippen molar-refractivity contribution in [2.75, 3.05) is 26.2 Å². The van der Waals surface area contributed by atoms with E-state index in [1.165, 1.54) is 5.56 Å². The van der Waals surface area contributed by atoms with Gasteiger partial charge in [-0.2, -0.15) is 0 Å². The summed E-state index contributed by atoms with van der Waals surface area (Å²) in [6.07, 6.45) is 3.93. The SMILES string of the molecule is CCOc1ccc(Cc2nc3cc(N=C(N)c4ccoc4)ccc3n2CCN(CC)CC)cc1.Cl.Cl. The second-order valence-corrected chi connectivity index (χ2v) is 8.14. The molecular formula is C27H35Cl2N5O2. The van der Waals surface area contributed by atoms with E-state index in [1.54, 1.807) is 18.6 Å². The highest BCUT2D eigenvalue weighted by Gasteiger charge is 2.14. The molecule has 2 heterocycles. The van der Waals surface area contributed by atoms with Crippen molar-refractivity contribution >= 4 is 47.4 Å². The van der Waals surface area contributed by atoms with Crippen LogP contribution in [0.5, 0.6) is 5.75 Å². The van der Waals surface area contributed by atoms with Gasteiger partial charge in [-0.1, -0.05) is 26.0 Å². The monoisotopic (exact) mass is 531 g/mol. The minimum Gasteiger partial charge on any atom is -0.494 e. The first-order chi connectivity index (χ1) is 16.6. The van der Waals surface area contributed by atoms with Crippen LogP contribution in [-0.2, 0) is 13.0 Å². The fourth-order valence-electron chi connectivity index (χ4n) is 4.07. The number of nitrogens with two attached hydrogens (primary N) is 1. The molecule has 0 amide bonds. The largest absolute Gasteiger partial charge is 0.494 e. The van der Waals surface area contributed by atoms with E-state index in [4.69, 9.17) is 19.9 Å². The summed E-state index contributed by atoms with van der Waals surface area (Å²) in [4.78, 5) is 12.0. The van der Waals surface area contributed by atoms with E-state index < -0.39 is 0 Å². The Hall–Kier alpha value is -3.00. The van der Waals surface area contributed by atoms with E-state index in [2.05, 4.69) is 46.5 Å². The fraction of sp³-hybridized carbons (Fsp3) is 0.333. The minimum atomic E-state index is 0. The van der Waals surface area contributed by atoms with Gasteiger partial charge in [0.25, 0.3) is 0 Å². The van der Waals surface area contributed by atoms with Crippen LogP contribution in [0, 0.1) is 0 Å².